The SMILES string of the molecule is Cn1c(-c2ccc(CCl)cc2)nc2ccc(Cl)cc21. The summed E-state index contributed by atoms with van der Waals surface area (Å²) < 4.78 is 2.05. The molecule has 96 valence electrons. The third-order valence-corrected chi connectivity index (χ3v) is 3.75. The average Bonchev–Trinajstić information content (AvgIpc) is 2.76. The Kier molecular flexibility index (Phi) is 3.21. The number of aryl methyl sites for hydroxylation is 1. The third-order valence-electron chi connectivity index (χ3n) is 3.21. The predicted octanol–water partition coefficient (Wildman–Crippen LogP) is 4.63. The van der Waals surface area contributed by atoms with Gasteiger partial charge >= 0.3 is 0 Å². The normalized spacial score (nSPS) is 11.1. The number of nitrogens with zero attached hydrogens (tertiary/aromatic N) is 2. The minimum Gasteiger partial charge on any atom is -0.327 e. The highest BCUT2D eigenvalue weighted by atomic mass is 35.5. The molecule has 0 bridgehead atoms. The summed E-state index contributed by atoms with van der Waals surface area (Å²) in [5.74, 6) is 1.46. The molecule has 0 saturated heterocycles. The van der Waals surface area contributed by atoms with Crippen molar-refractivity contribution in [3.8, 4) is 11.4 Å². The molecule has 0 aliphatic heterocycles. The van der Waals surface area contributed by atoms with Crippen molar-refractivity contribution in [2.45, 2.75) is 5.88 Å². The molecule has 0 atom stereocenters. The Bertz CT molecular complexity index is 730. The van der Waals surface area contributed by atoms with Gasteiger partial charge in [0.1, 0.15) is 5.82 Å². The van der Waals surface area contributed by atoms with Gasteiger partial charge in [-0.1, -0.05) is 35.9 Å². The van der Waals surface area contributed by atoms with Gasteiger partial charge < -0.3 is 4.57 Å². The van der Waals surface area contributed by atoms with Crippen molar-refractivity contribution in [2.75, 3.05) is 0 Å². The zero-order chi connectivity index (χ0) is 13.4. The van der Waals surface area contributed by atoms with E-state index in [0.29, 0.717) is 5.88 Å². The molecule has 0 unspecified atom stereocenters. The van der Waals surface area contributed by atoms with Crippen molar-refractivity contribution in [2.24, 2.45) is 7.05 Å². The minimum atomic E-state index is 0.526. The summed E-state index contributed by atoms with van der Waals surface area (Å²) in [4.78, 5) is 4.65. The number of rotatable bonds is 2. The molecule has 1 aromatic heterocycles. The van der Waals surface area contributed by atoms with E-state index >= 15 is 0 Å². The van der Waals surface area contributed by atoms with Crippen molar-refractivity contribution in [1.82, 2.24) is 9.55 Å². The number of fused-ring (bicyclic) bond motifs is 1. The summed E-state index contributed by atoms with van der Waals surface area (Å²) in [5.41, 5.74) is 4.16. The van der Waals surface area contributed by atoms with Crippen LogP contribution in [0.25, 0.3) is 22.4 Å². The zero-order valence-electron chi connectivity index (χ0n) is 10.4. The van der Waals surface area contributed by atoms with Crippen LogP contribution in [0.4, 0.5) is 0 Å². The van der Waals surface area contributed by atoms with E-state index in [-0.39, 0.29) is 0 Å². The second-order valence-electron chi connectivity index (χ2n) is 4.46. The summed E-state index contributed by atoms with van der Waals surface area (Å²) in [6, 6.07) is 13.9. The fraction of sp³-hybridized carbons (Fsp3) is 0.133. The highest BCUT2D eigenvalue weighted by Crippen LogP contribution is 2.26. The van der Waals surface area contributed by atoms with Crippen molar-refractivity contribution in [3.63, 3.8) is 0 Å². The van der Waals surface area contributed by atoms with Crippen LogP contribution in [0.3, 0.4) is 0 Å². The molecule has 0 fully saturated rings. The van der Waals surface area contributed by atoms with Crippen LogP contribution in [-0.2, 0) is 12.9 Å². The highest BCUT2D eigenvalue weighted by Gasteiger charge is 2.09. The fourth-order valence-electron chi connectivity index (χ4n) is 2.16. The Labute approximate surface area is 121 Å². The Hall–Kier alpha value is -1.51. The lowest BCUT2D eigenvalue weighted by Gasteiger charge is -2.03. The summed E-state index contributed by atoms with van der Waals surface area (Å²) in [6.07, 6.45) is 0. The Morgan fingerprint density at radius 2 is 1.84 bits per heavy atom. The maximum atomic E-state index is 6.03. The van der Waals surface area contributed by atoms with Crippen LogP contribution >= 0.6 is 23.2 Å². The smallest absolute Gasteiger partial charge is 0.140 e. The Balaban J connectivity index is 2.16. The van der Waals surface area contributed by atoms with Gasteiger partial charge in [-0.25, -0.2) is 4.98 Å². The molecule has 0 aliphatic rings. The van der Waals surface area contributed by atoms with E-state index in [1.807, 2.05) is 49.5 Å². The number of hydrogen-bond acceptors (Lipinski definition) is 1. The fourth-order valence-corrected chi connectivity index (χ4v) is 2.51. The predicted molar refractivity (Wildman–Crippen MR) is 80.7 cm³/mol. The molecule has 0 spiro atoms. The standard InChI is InChI=1S/C15H12Cl2N2/c1-19-14-8-12(17)6-7-13(14)18-15(19)11-4-2-10(9-16)3-5-11/h2-8H,9H2,1H3. The second-order valence-corrected chi connectivity index (χ2v) is 5.16. The van der Waals surface area contributed by atoms with Gasteiger partial charge in [-0.15, -0.1) is 11.6 Å². The molecular weight excluding hydrogens is 279 g/mol. The summed E-state index contributed by atoms with van der Waals surface area (Å²) >= 11 is 11.8. The van der Waals surface area contributed by atoms with Gasteiger partial charge in [-0.2, -0.15) is 0 Å². The molecule has 0 saturated carbocycles. The first kappa shape index (κ1) is 12.5. The van der Waals surface area contributed by atoms with Gasteiger partial charge in [0.05, 0.1) is 11.0 Å². The van der Waals surface area contributed by atoms with Crippen LogP contribution in [-0.4, -0.2) is 9.55 Å². The van der Waals surface area contributed by atoms with E-state index in [0.717, 1.165) is 33.0 Å². The van der Waals surface area contributed by atoms with Crippen LogP contribution in [0.15, 0.2) is 42.5 Å². The van der Waals surface area contributed by atoms with Gasteiger partial charge in [0.15, 0.2) is 0 Å². The van der Waals surface area contributed by atoms with Gasteiger partial charge in [-0.05, 0) is 23.8 Å². The molecule has 2 nitrogen and oxygen atoms in total. The van der Waals surface area contributed by atoms with Crippen molar-refractivity contribution < 1.29 is 0 Å². The average molecular weight is 291 g/mol. The highest BCUT2D eigenvalue weighted by molar-refractivity contribution is 6.31. The number of benzene rings is 2. The molecule has 0 N–H and O–H groups in total. The number of imidazole rings is 1. The summed E-state index contributed by atoms with van der Waals surface area (Å²) in [7, 11) is 2.00. The van der Waals surface area contributed by atoms with E-state index in [1.165, 1.54) is 0 Å². The van der Waals surface area contributed by atoms with Gasteiger partial charge in [0.2, 0.25) is 0 Å². The van der Waals surface area contributed by atoms with Crippen LogP contribution in [0.2, 0.25) is 5.02 Å². The topological polar surface area (TPSA) is 17.8 Å². The van der Waals surface area contributed by atoms with Gasteiger partial charge in [0.25, 0.3) is 0 Å². The first-order valence-electron chi connectivity index (χ1n) is 5.96. The molecule has 3 aromatic rings. The maximum Gasteiger partial charge on any atom is 0.140 e. The number of halogens is 2. The summed E-state index contributed by atoms with van der Waals surface area (Å²) in [6.45, 7) is 0. The molecule has 0 aliphatic carbocycles. The largest absolute Gasteiger partial charge is 0.327 e. The number of hydrogen-bond donors (Lipinski definition) is 0. The Morgan fingerprint density at radius 1 is 1.11 bits per heavy atom. The maximum absolute atomic E-state index is 6.03. The minimum absolute atomic E-state index is 0.526. The monoisotopic (exact) mass is 290 g/mol. The van der Waals surface area contributed by atoms with Gasteiger partial charge in [-0.3, -0.25) is 0 Å². The molecule has 3 rings (SSSR count). The molecule has 2 aromatic carbocycles. The van der Waals surface area contributed by atoms with E-state index in [9.17, 15) is 0 Å². The molecular formula is C15H12Cl2N2. The lowest BCUT2D eigenvalue weighted by molar-refractivity contribution is 0.959. The number of aromatic nitrogens is 2. The van der Waals surface area contributed by atoms with Gasteiger partial charge in [0, 0.05) is 23.5 Å². The second kappa shape index (κ2) is 4.87. The lowest BCUT2D eigenvalue weighted by Crippen LogP contribution is -1.92. The molecule has 19 heavy (non-hydrogen) atoms. The van der Waals surface area contributed by atoms with Crippen molar-refractivity contribution >= 4 is 34.2 Å². The molecule has 0 radical (unpaired) electrons. The quantitative estimate of drug-likeness (QED) is 0.629. The summed E-state index contributed by atoms with van der Waals surface area (Å²) in [5, 5.41) is 0.722. The van der Waals surface area contributed by atoms with E-state index in [2.05, 4.69) is 9.55 Å². The molecule has 1 heterocycles. The Morgan fingerprint density at radius 3 is 2.53 bits per heavy atom. The van der Waals surface area contributed by atoms with Crippen LogP contribution in [0, 0.1) is 0 Å². The first-order chi connectivity index (χ1) is 9.19. The van der Waals surface area contributed by atoms with Crippen LogP contribution in [0.1, 0.15) is 5.56 Å². The lowest BCUT2D eigenvalue weighted by atomic mass is 10.1. The van der Waals surface area contributed by atoms with Crippen molar-refractivity contribution in [3.05, 3.63) is 53.1 Å². The molecule has 4 heteroatoms. The van der Waals surface area contributed by atoms with Crippen molar-refractivity contribution in [1.29, 1.82) is 0 Å². The molecule has 0 amide bonds. The van der Waals surface area contributed by atoms with Crippen LogP contribution in [0.5, 0.6) is 0 Å². The third kappa shape index (κ3) is 2.22. The van der Waals surface area contributed by atoms with E-state index in [1.54, 1.807) is 0 Å². The van der Waals surface area contributed by atoms with E-state index < -0.39 is 0 Å². The van der Waals surface area contributed by atoms with E-state index in [4.69, 9.17) is 23.2 Å². The number of alkyl halides is 1. The van der Waals surface area contributed by atoms with Crippen LogP contribution < -0.4 is 0 Å². The first-order valence-corrected chi connectivity index (χ1v) is 6.87. The zero-order valence-corrected chi connectivity index (χ0v) is 11.9.